The van der Waals surface area contributed by atoms with Gasteiger partial charge in [-0.3, -0.25) is 14.7 Å². The van der Waals surface area contributed by atoms with Crippen molar-refractivity contribution in [1.29, 1.82) is 0 Å². The number of ether oxygens (including phenoxy) is 3. The largest absolute Gasteiger partial charge is 0.444 e. The van der Waals surface area contributed by atoms with Crippen LogP contribution in [0.2, 0.25) is 0 Å². The zero-order chi connectivity index (χ0) is 29.8. The molecular weight excluding hydrogens is 530 g/mol. The topological polar surface area (TPSA) is 127 Å². The summed E-state index contributed by atoms with van der Waals surface area (Å²) in [7, 11) is 0. The average molecular weight is 576 g/mol. The van der Waals surface area contributed by atoms with Gasteiger partial charge in [0.25, 0.3) is 0 Å². The predicted molar refractivity (Wildman–Crippen MR) is 150 cm³/mol. The molecule has 0 atom stereocenters. The molecule has 3 aliphatic heterocycles. The van der Waals surface area contributed by atoms with Crippen molar-refractivity contribution in [2.24, 2.45) is 0 Å². The van der Waals surface area contributed by atoms with E-state index < -0.39 is 11.2 Å². The molecule has 41 heavy (non-hydrogen) atoms. The van der Waals surface area contributed by atoms with E-state index in [4.69, 9.17) is 24.3 Å². The summed E-state index contributed by atoms with van der Waals surface area (Å²) in [6.07, 6.45) is 3.35. The Morgan fingerprint density at radius 3 is 1.71 bits per heavy atom. The van der Waals surface area contributed by atoms with E-state index >= 15 is 0 Å². The maximum Gasteiger partial charge on any atom is 0.410 e. The third-order valence-corrected chi connectivity index (χ3v) is 6.66. The molecule has 228 valence electrons. The number of carbonyl (C=O) groups is 2. The van der Waals surface area contributed by atoms with Crippen molar-refractivity contribution in [2.45, 2.75) is 92.1 Å². The van der Waals surface area contributed by atoms with E-state index in [1.165, 1.54) is 0 Å². The van der Waals surface area contributed by atoms with Gasteiger partial charge in [-0.1, -0.05) is 0 Å². The first-order chi connectivity index (χ1) is 19.3. The minimum atomic E-state index is -0.486. The fraction of sp³-hybridized carbons (Fsp3) is 0.714. The molecule has 1 fully saturated rings. The number of carbonyl (C=O) groups excluding carboxylic acids is 2. The van der Waals surface area contributed by atoms with Gasteiger partial charge < -0.3 is 28.5 Å². The van der Waals surface area contributed by atoms with E-state index in [9.17, 15) is 9.59 Å². The van der Waals surface area contributed by atoms with Crippen molar-refractivity contribution < 1.29 is 28.9 Å². The number of amides is 2. The standard InChI is InChI=1S/C16H26N4O3.C12H19N3O3/c1-16(2,3)23-15(21)20-5-4-19-11-13(17-14(19)12-20)10-18-6-8-22-9-7-18;1-12(2,3)18-11(17)15-5-4-14-6-9(8-16)13-10(14)7-15/h11H,4-10,12H2,1-3H3;6,16H,4-5,7-8H2,1-3H3. The normalized spacial score (nSPS) is 17.7. The molecule has 0 spiro atoms. The Hall–Kier alpha value is -3.16. The van der Waals surface area contributed by atoms with Gasteiger partial charge >= 0.3 is 12.2 Å². The fourth-order valence-electron chi connectivity index (χ4n) is 4.73. The number of rotatable bonds is 3. The Labute approximate surface area is 242 Å². The van der Waals surface area contributed by atoms with E-state index in [2.05, 4.69) is 20.6 Å². The monoisotopic (exact) mass is 575 g/mol. The van der Waals surface area contributed by atoms with Gasteiger partial charge in [0.05, 0.1) is 44.3 Å². The number of nitrogens with zero attached hydrogens (tertiary/aromatic N) is 7. The third kappa shape index (κ3) is 8.91. The van der Waals surface area contributed by atoms with Gasteiger partial charge in [-0.25, -0.2) is 19.6 Å². The van der Waals surface area contributed by atoms with Crippen molar-refractivity contribution in [1.82, 2.24) is 33.8 Å². The van der Waals surface area contributed by atoms with Gasteiger partial charge in [0, 0.05) is 58.2 Å². The Kier molecular flexibility index (Phi) is 9.60. The van der Waals surface area contributed by atoms with Gasteiger partial charge in [-0.15, -0.1) is 0 Å². The average Bonchev–Trinajstić information content (AvgIpc) is 3.49. The SMILES string of the molecule is CC(C)(C)OC(=O)N1CCn2cc(CN3CCOCC3)nc2C1.CC(C)(C)OC(=O)N1CCn2cc(CO)nc2C1. The summed E-state index contributed by atoms with van der Waals surface area (Å²) in [4.78, 5) is 38.8. The lowest BCUT2D eigenvalue weighted by Gasteiger charge is -2.30. The van der Waals surface area contributed by atoms with Crippen LogP contribution in [0.1, 0.15) is 64.6 Å². The molecule has 5 rings (SSSR count). The predicted octanol–water partition coefficient (Wildman–Crippen LogP) is 2.59. The first-order valence-corrected chi connectivity index (χ1v) is 14.3. The van der Waals surface area contributed by atoms with E-state index in [1.807, 2.05) is 52.3 Å². The van der Waals surface area contributed by atoms with Crippen LogP contribution in [-0.2, 0) is 53.5 Å². The lowest BCUT2D eigenvalue weighted by atomic mass is 10.2. The van der Waals surface area contributed by atoms with Crippen LogP contribution in [0.4, 0.5) is 9.59 Å². The zero-order valence-electron chi connectivity index (χ0n) is 25.3. The number of aliphatic hydroxyl groups is 1. The molecular formula is C28H45N7O6. The quantitative estimate of drug-likeness (QED) is 0.587. The lowest BCUT2D eigenvalue weighted by Crippen LogP contribution is -2.41. The number of hydrogen-bond donors (Lipinski definition) is 1. The molecule has 13 heteroatoms. The Morgan fingerprint density at radius 1 is 0.780 bits per heavy atom. The lowest BCUT2D eigenvalue weighted by molar-refractivity contribution is 0.0185. The van der Waals surface area contributed by atoms with Crippen LogP contribution in [0, 0.1) is 0 Å². The van der Waals surface area contributed by atoms with E-state index in [-0.39, 0.29) is 18.8 Å². The van der Waals surface area contributed by atoms with Crippen LogP contribution in [0.5, 0.6) is 0 Å². The number of morpholine rings is 1. The summed E-state index contributed by atoms with van der Waals surface area (Å²) in [5, 5.41) is 9.03. The highest BCUT2D eigenvalue weighted by atomic mass is 16.6. The number of hydrogen-bond acceptors (Lipinski definition) is 9. The van der Waals surface area contributed by atoms with Crippen molar-refractivity contribution in [3.63, 3.8) is 0 Å². The second-order valence-corrected chi connectivity index (χ2v) is 12.5. The summed E-state index contributed by atoms with van der Waals surface area (Å²) >= 11 is 0. The van der Waals surface area contributed by atoms with Crippen LogP contribution < -0.4 is 0 Å². The maximum absolute atomic E-state index is 12.2. The van der Waals surface area contributed by atoms with E-state index in [1.54, 1.807) is 9.80 Å². The molecule has 0 bridgehead atoms. The molecule has 3 aliphatic rings. The second kappa shape index (κ2) is 12.8. The van der Waals surface area contributed by atoms with Crippen LogP contribution in [0.3, 0.4) is 0 Å². The number of aliphatic hydroxyl groups excluding tert-OH is 1. The summed E-state index contributed by atoms with van der Waals surface area (Å²) in [5.41, 5.74) is 0.745. The summed E-state index contributed by atoms with van der Waals surface area (Å²) < 4.78 is 20.3. The molecule has 5 heterocycles. The van der Waals surface area contributed by atoms with Crippen molar-refractivity contribution in [3.8, 4) is 0 Å². The minimum absolute atomic E-state index is 0.0769. The molecule has 13 nitrogen and oxygen atoms in total. The Bertz CT molecular complexity index is 1190. The summed E-state index contributed by atoms with van der Waals surface area (Å²) in [6.45, 7) is 19.1. The Morgan fingerprint density at radius 2 is 1.24 bits per heavy atom. The van der Waals surface area contributed by atoms with E-state index in [0.29, 0.717) is 38.4 Å². The van der Waals surface area contributed by atoms with Gasteiger partial charge in [0.1, 0.15) is 22.9 Å². The second-order valence-electron chi connectivity index (χ2n) is 12.5. The van der Waals surface area contributed by atoms with Crippen molar-refractivity contribution in [2.75, 3.05) is 39.4 Å². The third-order valence-electron chi connectivity index (χ3n) is 6.66. The molecule has 0 aromatic carbocycles. The van der Waals surface area contributed by atoms with Gasteiger partial charge in [-0.05, 0) is 41.5 Å². The number of imidazole rings is 2. The van der Waals surface area contributed by atoms with E-state index in [0.717, 1.165) is 56.7 Å². The molecule has 1 N–H and O–H groups in total. The molecule has 0 unspecified atom stereocenters. The van der Waals surface area contributed by atoms with Gasteiger partial charge in [0.2, 0.25) is 0 Å². The highest BCUT2D eigenvalue weighted by Gasteiger charge is 2.28. The molecule has 2 aromatic rings. The smallest absolute Gasteiger partial charge is 0.410 e. The summed E-state index contributed by atoms with van der Waals surface area (Å²) in [5.74, 6) is 1.72. The highest BCUT2D eigenvalue weighted by molar-refractivity contribution is 5.68. The van der Waals surface area contributed by atoms with Crippen molar-refractivity contribution in [3.05, 3.63) is 35.4 Å². The summed E-state index contributed by atoms with van der Waals surface area (Å²) in [6, 6.07) is 0. The maximum atomic E-state index is 12.2. The first-order valence-electron chi connectivity index (χ1n) is 14.3. The van der Waals surface area contributed by atoms with Crippen LogP contribution in [0.15, 0.2) is 12.4 Å². The van der Waals surface area contributed by atoms with Crippen LogP contribution in [-0.4, -0.2) is 102 Å². The minimum Gasteiger partial charge on any atom is -0.444 e. The zero-order valence-corrected chi connectivity index (χ0v) is 25.3. The molecule has 2 amide bonds. The number of aromatic nitrogens is 4. The fourth-order valence-corrected chi connectivity index (χ4v) is 4.73. The first kappa shape index (κ1) is 30.8. The molecule has 0 saturated carbocycles. The highest BCUT2D eigenvalue weighted by Crippen LogP contribution is 2.19. The molecule has 0 aliphatic carbocycles. The van der Waals surface area contributed by atoms with Crippen LogP contribution >= 0.6 is 0 Å². The Balaban J connectivity index is 0.000000195. The van der Waals surface area contributed by atoms with Gasteiger partial charge in [-0.2, -0.15) is 0 Å². The number of fused-ring (bicyclic) bond motifs is 2. The van der Waals surface area contributed by atoms with Crippen molar-refractivity contribution >= 4 is 12.2 Å². The van der Waals surface area contributed by atoms with Gasteiger partial charge in [0.15, 0.2) is 0 Å². The molecule has 2 aromatic heterocycles. The van der Waals surface area contributed by atoms with Crippen LogP contribution in [0.25, 0.3) is 0 Å². The molecule has 1 saturated heterocycles. The molecule has 0 radical (unpaired) electrons.